The largest absolute Gasteiger partial charge is 0.296 e. The molecule has 0 saturated carbocycles. The number of carbonyl (C=O) groups excluding carboxylic acids is 1. The molecule has 0 atom stereocenters. The van der Waals surface area contributed by atoms with Crippen molar-refractivity contribution < 1.29 is 4.79 Å². The molecule has 3 aromatic rings. The Bertz CT molecular complexity index is 718. The number of pyridine rings is 1. The first kappa shape index (κ1) is 12.3. The minimum Gasteiger partial charge on any atom is -0.296 e. The number of nitrogens with zero attached hydrogens (tertiary/aromatic N) is 1. The molecule has 0 unspecified atom stereocenters. The highest BCUT2D eigenvalue weighted by Gasteiger charge is 2.02. The zero-order chi connectivity index (χ0) is 13.8. The highest BCUT2D eigenvalue weighted by atomic mass is 16.1. The second-order valence-electron chi connectivity index (χ2n) is 4.54. The molecular weight excluding hydrogens is 246 g/mol. The van der Waals surface area contributed by atoms with Gasteiger partial charge in [-0.1, -0.05) is 54.6 Å². The first-order valence-corrected chi connectivity index (χ1v) is 6.44. The smallest absolute Gasteiger partial charge is 0.168 e. The second kappa shape index (κ2) is 5.49. The Kier molecular flexibility index (Phi) is 3.38. The highest BCUT2D eigenvalue weighted by Crippen LogP contribution is 2.25. The standard InChI is InChI=1S/C18H13NO/c20-13-18-10-9-17(12-19-18)16-8-4-7-15(11-16)14-5-2-1-3-6-14/h1-13H. The Labute approximate surface area is 117 Å². The Morgan fingerprint density at radius 2 is 1.40 bits per heavy atom. The van der Waals surface area contributed by atoms with Crippen molar-refractivity contribution in [2.24, 2.45) is 0 Å². The minimum absolute atomic E-state index is 0.452. The van der Waals surface area contributed by atoms with E-state index in [1.165, 1.54) is 11.1 Å². The van der Waals surface area contributed by atoms with Crippen molar-refractivity contribution in [3.05, 3.63) is 78.6 Å². The summed E-state index contributed by atoms with van der Waals surface area (Å²) in [6, 6.07) is 22.2. The molecule has 20 heavy (non-hydrogen) atoms. The van der Waals surface area contributed by atoms with Crippen molar-refractivity contribution in [3.63, 3.8) is 0 Å². The van der Waals surface area contributed by atoms with E-state index in [2.05, 4.69) is 29.2 Å². The van der Waals surface area contributed by atoms with Crippen LogP contribution >= 0.6 is 0 Å². The second-order valence-corrected chi connectivity index (χ2v) is 4.54. The van der Waals surface area contributed by atoms with Gasteiger partial charge in [0.05, 0.1) is 0 Å². The molecule has 2 heteroatoms. The molecular formula is C18H13NO. The van der Waals surface area contributed by atoms with Crippen LogP contribution < -0.4 is 0 Å². The number of carbonyl (C=O) groups is 1. The van der Waals surface area contributed by atoms with E-state index in [0.29, 0.717) is 5.69 Å². The van der Waals surface area contributed by atoms with E-state index < -0.39 is 0 Å². The van der Waals surface area contributed by atoms with Crippen LogP contribution in [0.25, 0.3) is 22.3 Å². The molecule has 0 aliphatic heterocycles. The van der Waals surface area contributed by atoms with Crippen LogP contribution in [-0.4, -0.2) is 11.3 Å². The quantitative estimate of drug-likeness (QED) is 0.659. The molecule has 2 nitrogen and oxygen atoms in total. The summed E-state index contributed by atoms with van der Waals surface area (Å²) in [4.78, 5) is 14.7. The summed E-state index contributed by atoms with van der Waals surface area (Å²) in [5.74, 6) is 0. The van der Waals surface area contributed by atoms with Gasteiger partial charge >= 0.3 is 0 Å². The average Bonchev–Trinajstić information content (AvgIpc) is 2.56. The molecule has 3 rings (SSSR count). The third-order valence-electron chi connectivity index (χ3n) is 3.21. The van der Waals surface area contributed by atoms with Crippen molar-refractivity contribution in [2.75, 3.05) is 0 Å². The molecule has 0 spiro atoms. The van der Waals surface area contributed by atoms with E-state index in [1.54, 1.807) is 12.3 Å². The lowest BCUT2D eigenvalue weighted by Crippen LogP contribution is -1.87. The number of aldehydes is 1. The summed E-state index contributed by atoms with van der Waals surface area (Å²) in [6.07, 6.45) is 2.48. The molecule has 0 radical (unpaired) electrons. The average molecular weight is 259 g/mol. The van der Waals surface area contributed by atoms with Gasteiger partial charge in [0.15, 0.2) is 6.29 Å². The van der Waals surface area contributed by atoms with Crippen molar-refractivity contribution in [2.45, 2.75) is 0 Å². The van der Waals surface area contributed by atoms with Crippen molar-refractivity contribution in [1.82, 2.24) is 4.98 Å². The lowest BCUT2D eigenvalue weighted by molar-refractivity contribution is 0.111. The summed E-state index contributed by atoms with van der Waals surface area (Å²) < 4.78 is 0. The fraction of sp³-hybridized carbons (Fsp3) is 0. The van der Waals surface area contributed by atoms with Gasteiger partial charge in [0.2, 0.25) is 0 Å². The van der Waals surface area contributed by atoms with E-state index in [9.17, 15) is 4.79 Å². The zero-order valence-electron chi connectivity index (χ0n) is 10.9. The van der Waals surface area contributed by atoms with Crippen molar-refractivity contribution in [1.29, 1.82) is 0 Å². The van der Waals surface area contributed by atoms with Crippen LogP contribution in [0.15, 0.2) is 72.9 Å². The van der Waals surface area contributed by atoms with Gasteiger partial charge in [-0.15, -0.1) is 0 Å². The molecule has 1 aromatic heterocycles. The molecule has 0 fully saturated rings. The Balaban J connectivity index is 2.00. The van der Waals surface area contributed by atoms with E-state index in [0.717, 1.165) is 17.4 Å². The van der Waals surface area contributed by atoms with E-state index in [-0.39, 0.29) is 0 Å². The van der Waals surface area contributed by atoms with Crippen LogP contribution in [-0.2, 0) is 0 Å². The summed E-state index contributed by atoms with van der Waals surface area (Å²) in [5.41, 5.74) is 4.91. The van der Waals surface area contributed by atoms with Crippen LogP contribution in [0.4, 0.5) is 0 Å². The number of hydrogen-bond acceptors (Lipinski definition) is 2. The van der Waals surface area contributed by atoms with Crippen molar-refractivity contribution in [3.8, 4) is 22.3 Å². The molecule has 0 aliphatic rings. The molecule has 0 N–H and O–H groups in total. The lowest BCUT2D eigenvalue weighted by Gasteiger charge is -2.06. The SMILES string of the molecule is O=Cc1ccc(-c2cccc(-c3ccccc3)c2)cn1. The number of rotatable bonds is 3. The zero-order valence-corrected chi connectivity index (χ0v) is 10.9. The maximum absolute atomic E-state index is 10.6. The third kappa shape index (κ3) is 2.50. The minimum atomic E-state index is 0.452. The van der Waals surface area contributed by atoms with E-state index >= 15 is 0 Å². The maximum Gasteiger partial charge on any atom is 0.168 e. The summed E-state index contributed by atoms with van der Waals surface area (Å²) in [6.45, 7) is 0. The van der Waals surface area contributed by atoms with Gasteiger partial charge in [0.25, 0.3) is 0 Å². The topological polar surface area (TPSA) is 30.0 Å². The first-order chi connectivity index (χ1) is 9.86. The fourth-order valence-corrected chi connectivity index (χ4v) is 2.15. The van der Waals surface area contributed by atoms with Gasteiger partial charge in [-0.05, 0) is 28.8 Å². The molecule has 1 heterocycles. The summed E-state index contributed by atoms with van der Waals surface area (Å²) in [7, 11) is 0. The summed E-state index contributed by atoms with van der Waals surface area (Å²) in [5, 5.41) is 0. The van der Waals surface area contributed by atoms with Crippen LogP contribution in [0, 0.1) is 0 Å². The van der Waals surface area contributed by atoms with Crippen LogP contribution in [0.5, 0.6) is 0 Å². The number of hydrogen-bond donors (Lipinski definition) is 0. The molecule has 0 aliphatic carbocycles. The highest BCUT2D eigenvalue weighted by molar-refractivity contribution is 5.75. The fourth-order valence-electron chi connectivity index (χ4n) is 2.15. The molecule has 0 amide bonds. The van der Waals surface area contributed by atoms with Gasteiger partial charge in [-0.25, -0.2) is 0 Å². The normalized spacial score (nSPS) is 10.2. The van der Waals surface area contributed by atoms with Gasteiger partial charge in [0, 0.05) is 11.8 Å². The van der Waals surface area contributed by atoms with Crippen LogP contribution in [0.3, 0.4) is 0 Å². The Morgan fingerprint density at radius 1 is 0.700 bits per heavy atom. The summed E-state index contributed by atoms with van der Waals surface area (Å²) >= 11 is 0. The van der Waals surface area contributed by atoms with Gasteiger partial charge in [-0.2, -0.15) is 0 Å². The van der Waals surface area contributed by atoms with Gasteiger partial charge in [-0.3, -0.25) is 9.78 Å². The molecule has 2 aromatic carbocycles. The van der Waals surface area contributed by atoms with Crippen molar-refractivity contribution >= 4 is 6.29 Å². The Morgan fingerprint density at radius 3 is 2.05 bits per heavy atom. The third-order valence-corrected chi connectivity index (χ3v) is 3.21. The number of benzene rings is 2. The molecule has 0 saturated heterocycles. The monoisotopic (exact) mass is 259 g/mol. The first-order valence-electron chi connectivity index (χ1n) is 6.44. The number of aromatic nitrogens is 1. The predicted molar refractivity (Wildman–Crippen MR) is 80.5 cm³/mol. The molecule has 0 bridgehead atoms. The molecule has 96 valence electrons. The van der Waals surface area contributed by atoms with Gasteiger partial charge < -0.3 is 0 Å². The maximum atomic E-state index is 10.6. The van der Waals surface area contributed by atoms with E-state index in [1.807, 2.05) is 36.4 Å². The van der Waals surface area contributed by atoms with Crippen LogP contribution in [0.1, 0.15) is 10.5 Å². The van der Waals surface area contributed by atoms with E-state index in [4.69, 9.17) is 0 Å². The van der Waals surface area contributed by atoms with Gasteiger partial charge in [0.1, 0.15) is 5.69 Å². The Hall–Kier alpha value is -2.74. The lowest BCUT2D eigenvalue weighted by atomic mass is 10.00. The predicted octanol–water partition coefficient (Wildman–Crippen LogP) is 4.23. The van der Waals surface area contributed by atoms with Crippen LogP contribution in [0.2, 0.25) is 0 Å².